The number of aliphatic hydroxyl groups excluding tert-OH is 1. The molecule has 0 aliphatic rings. The minimum Gasteiger partial charge on any atom is -0.460 e. The second-order valence-electron chi connectivity index (χ2n) is 3.21. The molecule has 0 rings (SSSR count). The summed E-state index contributed by atoms with van der Waals surface area (Å²) >= 11 is 0. The van der Waals surface area contributed by atoms with Crippen LogP contribution in [-0.2, 0) is 29.2 Å². The maximum absolute atomic E-state index is 11.3. The number of hydrogen-bond donors (Lipinski definition) is 2. The molecule has 0 bridgehead atoms. The molecule has 108 valence electrons. The maximum Gasteiger partial charge on any atom is 0.352 e. The van der Waals surface area contributed by atoms with Crippen LogP contribution in [0.5, 0.6) is 0 Å². The van der Waals surface area contributed by atoms with Crippen molar-refractivity contribution in [2.75, 3.05) is 13.2 Å². The fraction of sp³-hybridized carbons (Fsp3) is 0.400. The molecular weight excluding hydrogens is 280 g/mol. The van der Waals surface area contributed by atoms with E-state index in [9.17, 15) is 23.1 Å². The molecule has 0 spiro atoms. The predicted octanol–water partition coefficient (Wildman–Crippen LogP) is -0.589. The summed E-state index contributed by atoms with van der Waals surface area (Å²) in [5.74, 6) is -2.09. The Bertz CT molecular complexity index is 476. The van der Waals surface area contributed by atoms with Gasteiger partial charge in [-0.05, 0) is 6.92 Å². The number of ether oxygens (including phenoxy) is 2. The van der Waals surface area contributed by atoms with Gasteiger partial charge in [-0.15, -0.1) is 0 Å². The number of allylic oxidation sites excluding steroid dienone is 1. The Balaban J connectivity index is 4.30. The fourth-order valence-electron chi connectivity index (χ4n) is 0.900. The lowest BCUT2D eigenvalue weighted by molar-refractivity contribution is -0.146. The molecule has 0 saturated heterocycles. The van der Waals surface area contributed by atoms with Gasteiger partial charge in [-0.2, -0.15) is 8.42 Å². The molecule has 0 heterocycles. The van der Waals surface area contributed by atoms with Crippen molar-refractivity contribution in [2.45, 2.75) is 13.0 Å². The summed E-state index contributed by atoms with van der Waals surface area (Å²) in [5, 5.41) is 9.28. The van der Waals surface area contributed by atoms with Crippen LogP contribution in [0.3, 0.4) is 0 Å². The SMILES string of the molecule is C=CC(=O)OCC(O)COC(=O)C(=CC)S(=O)(=O)O. The van der Waals surface area contributed by atoms with E-state index in [1.165, 1.54) is 6.92 Å². The molecule has 0 fully saturated rings. The van der Waals surface area contributed by atoms with E-state index < -0.39 is 46.3 Å². The number of carbonyl (C=O) groups is 2. The molecule has 0 aromatic carbocycles. The van der Waals surface area contributed by atoms with Gasteiger partial charge in [-0.3, -0.25) is 4.55 Å². The summed E-state index contributed by atoms with van der Waals surface area (Å²) in [5.41, 5.74) is 0. The second-order valence-corrected chi connectivity index (χ2v) is 4.60. The minimum atomic E-state index is -4.69. The number of hydrogen-bond acceptors (Lipinski definition) is 7. The van der Waals surface area contributed by atoms with Crippen LogP contribution in [-0.4, -0.2) is 49.3 Å². The molecule has 9 heteroatoms. The fourth-order valence-corrected chi connectivity index (χ4v) is 1.47. The second kappa shape index (κ2) is 7.67. The van der Waals surface area contributed by atoms with Gasteiger partial charge < -0.3 is 14.6 Å². The molecule has 2 N–H and O–H groups in total. The van der Waals surface area contributed by atoms with Gasteiger partial charge in [0.2, 0.25) is 0 Å². The molecule has 0 aromatic rings. The highest BCUT2D eigenvalue weighted by Crippen LogP contribution is 2.06. The summed E-state index contributed by atoms with van der Waals surface area (Å²) in [6.07, 6.45) is 0.406. The van der Waals surface area contributed by atoms with Crippen molar-refractivity contribution in [3.63, 3.8) is 0 Å². The Hall–Kier alpha value is -1.71. The number of aliphatic hydroxyl groups is 1. The topological polar surface area (TPSA) is 127 Å². The van der Waals surface area contributed by atoms with Gasteiger partial charge in [0.1, 0.15) is 19.3 Å². The summed E-state index contributed by atoms with van der Waals surface area (Å²) in [4.78, 5) is 21.0. The monoisotopic (exact) mass is 294 g/mol. The molecular formula is C10H14O8S. The molecule has 8 nitrogen and oxygen atoms in total. The summed E-state index contributed by atoms with van der Waals surface area (Å²) in [6.45, 7) is 3.30. The molecule has 0 radical (unpaired) electrons. The van der Waals surface area contributed by atoms with E-state index in [1.54, 1.807) is 0 Å². The number of rotatable bonds is 7. The zero-order chi connectivity index (χ0) is 15.1. The van der Waals surface area contributed by atoms with Crippen molar-refractivity contribution in [3.05, 3.63) is 23.6 Å². The highest BCUT2D eigenvalue weighted by atomic mass is 32.2. The summed E-state index contributed by atoms with van der Waals surface area (Å²) in [7, 11) is -4.69. The maximum atomic E-state index is 11.3. The predicted molar refractivity (Wildman–Crippen MR) is 63.4 cm³/mol. The van der Waals surface area contributed by atoms with Crippen LogP contribution in [0.2, 0.25) is 0 Å². The first-order chi connectivity index (χ1) is 8.72. The lowest BCUT2D eigenvalue weighted by Gasteiger charge is -2.11. The van der Waals surface area contributed by atoms with Crippen molar-refractivity contribution in [3.8, 4) is 0 Å². The third-order valence-corrected chi connectivity index (χ3v) is 2.69. The first kappa shape index (κ1) is 17.3. The van der Waals surface area contributed by atoms with Crippen LogP contribution >= 0.6 is 0 Å². The van der Waals surface area contributed by atoms with Gasteiger partial charge in [0.05, 0.1) is 0 Å². The van der Waals surface area contributed by atoms with Crippen molar-refractivity contribution in [1.29, 1.82) is 0 Å². The van der Waals surface area contributed by atoms with Crippen LogP contribution in [0.25, 0.3) is 0 Å². The zero-order valence-electron chi connectivity index (χ0n) is 10.1. The Morgan fingerprint density at radius 1 is 1.32 bits per heavy atom. The molecule has 0 aliphatic carbocycles. The Kier molecular flexibility index (Phi) is 6.98. The van der Waals surface area contributed by atoms with Crippen LogP contribution in [0.1, 0.15) is 6.92 Å². The van der Waals surface area contributed by atoms with Crippen LogP contribution in [0.4, 0.5) is 0 Å². The third-order valence-electron chi connectivity index (χ3n) is 1.73. The van der Waals surface area contributed by atoms with E-state index in [-0.39, 0.29) is 0 Å². The van der Waals surface area contributed by atoms with Gasteiger partial charge in [0.15, 0.2) is 4.91 Å². The molecule has 0 aromatic heterocycles. The summed E-state index contributed by atoms with van der Waals surface area (Å²) < 4.78 is 39.1. The summed E-state index contributed by atoms with van der Waals surface area (Å²) in [6, 6.07) is 0. The van der Waals surface area contributed by atoms with Crippen LogP contribution in [0, 0.1) is 0 Å². The van der Waals surface area contributed by atoms with Crippen LogP contribution in [0.15, 0.2) is 23.6 Å². The van der Waals surface area contributed by atoms with Gasteiger partial charge in [-0.1, -0.05) is 12.7 Å². The molecule has 0 saturated carbocycles. The van der Waals surface area contributed by atoms with Crippen LogP contribution < -0.4 is 0 Å². The van der Waals surface area contributed by atoms with Gasteiger partial charge >= 0.3 is 22.1 Å². The standard InChI is InChI=1S/C10H14O8S/c1-3-8(19(14,15)16)10(13)18-6-7(11)5-17-9(12)4-2/h3-4,7,11H,2,5-6H2,1H3,(H,14,15,16). The van der Waals surface area contributed by atoms with E-state index in [2.05, 4.69) is 16.1 Å². The number of esters is 2. The van der Waals surface area contributed by atoms with E-state index in [0.717, 1.165) is 12.2 Å². The molecule has 1 unspecified atom stereocenters. The van der Waals surface area contributed by atoms with Gasteiger partial charge in [-0.25, -0.2) is 9.59 Å². The highest BCUT2D eigenvalue weighted by Gasteiger charge is 2.24. The van der Waals surface area contributed by atoms with Crippen molar-refractivity contribution in [2.24, 2.45) is 0 Å². The lowest BCUT2D eigenvalue weighted by Crippen LogP contribution is -2.26. The average Bonchev–Trinajstić information content (AvgIpc) is 2.32. The van der Waals surface area contributed by atoms with E-state index in [0.29, 0.717) is 0 Å². The molecule has 19 heavy (non-hydrogen) atoms. The van der Waals surface area contributed by atoms with E-state index >= 15 is 0 Å². The van der Waals surface area contributed by atoms with Crippen molar-refractivity contribution < 1.29 is 37.1 Å². The molecule has 0 aliphatic heterocycles. The smallest absolute Gasteiger partial charge is 0.352 e. The van der Waals surface area contributed by atoms with Crippen molar-refractivity contribution >= 4 is 22.1 Å². The van der Waals surface area contributed by atoms with Gasteiger partial charge in [0, 0.05) is 6.08 Å². The normalized spacial score (nSPS) is 13.5. The quantitative estimate of drug-likeness (QED) is 0.362. The molecule has 1 atom stereocenters. The Labute approximate surface area is 110 Å². The Morgan fingerprint density at radius 3 is 2.26 bits per heavy atom. The lowest BCUT2D eigenvalue weighted by atomic mass is 10.4. The minimum absolute atomic E-state index is 0.449. The van der Waals surface area contributed by atoms with E-state index in [4.69, 9.17) is 4.55 Å². The Morgan fingerprint density at radius 2 is 1.84 bits per heavy atom. The average molecular weight is 294 g/mol. The largest absolute Gasteiger partial charge is 0.460 e. The zero-order valence-corrected chi connectivity index (χ0v) is 10.9. The number of carbonyl (C=O) groups excluding carboxylic acids is 2. The highest BCUT2D eigenvalue weighted by molar-refractivity contribution is 7.90. The van der Waals surface area contributed by atoms with Gasteiger partial charge in [0.25, 0.3) is 0 Å². The van der Waals surface area contributed by atoms with E-state index in [1.807, 2.05) is 0 Å². The molecule has 0 amide bonds. The first-order valence-corrected chi connectivity index (χ1v) is 6.44. The first-order valence-electron chi connectivity index (χ1n) is 5.00. The third kappa shape index (κ3) is 6.70. The van der Waals surface area contributed by atoms with Crippen molar-refractivity contribution in [1.82, 2.24) is 0 Å².